The number of aliphatic hydroxyl groups is 2. The van der Waals surface area contributed by atoms with E-state index < -0.39 is 36.1 Å². The van der Waals surface area contributed by atoms with Crippen molar-refractivity contribution in [3.05, 3.63) is 83.4 Å². The Morgan fingerprint density at radius 2 is 1.79 bits per heavy atom. The van der Waals surface area contributed by atoms with Gasteiger partial charge in [-0.3, -0.25) is 19.2 Å². The Morgan fingerprint density at radius 1 is 1.05 bits per heavy atom. The molecule has 56 heavy (non-hydrogen) atoms. The number of nitrogens with one attached hydrogen (secondary N) is 3. The molecule has 4 fully saturated rings. The lowest BCUT2D eigenvalue weighted by Gasteiger charge is -2.62. The monoisotopic (exact) mass is 769 g/mol. The van der Waals surface area contributed by atoms with Gasteiger partial charge in [0.05, 0.1) is 26.4 Å². The van der Waals surface area contributed by atoms with E-state index in [1.807, 2.05) is 73.6 Å². The molecule has 3 aliphatic carbocycles. The van der Waals surface area contributed by atoms with Crippen molar-refractivity contribution in [1.29, 1.82) is 0 Å². The van der Waals surface area contributed by atoms with Gasteiger partial charge >= 0.3 is 0 Å². The highest BCUT2D eigenvalue weighted by Crippen LogP contribution is 2.61. The molecule has 3 amide bonds. The number of hydroxylamine groups is 2. The van der Waals surface area contributed by atoms with Crippen LogP contribution in [-0.2, 0) is 27.4 Å². The summed E-state index contributed by atoms with van der Waals surface area (Å²) in [5, 5.41) is 31.8. The van der Waals surface area contributed by atoms with Crippen molar-refractivity contribution in [2.45, 2.75) is 83.8 Å². The third-order valence-corrected chi connectivity index (χ3v) is 12.8. The van der Waals surface area contributed by atoms with Gasteiger partial charge in [-0.15, -0.1) is 0 Å². The third-order valence-electron chi connectivity index (χ3n) is 12.8. The molecule has 2 bridgehead atoms. The van der Waals surface area contributed by atoms with Crippen molar-refractivity contribution < 1.29 is 34.2 Å². The average Bonchev–Trinajstić information content (AvgIpc) is 3.56. The number of nitrogens with zero attached hydrogens (tertiary/aromatic N) is 2. The number of hydrogen-bond donors (Lipinski definition) is 5. The minimum Gasteiger partial charge on any atom is -0.496 e. The Labute approximate surface area is 330 Å². The Bertz CT molecular complexity index is 1880. The third kappa shape index (κ3) is 8.16. The van der Waals surface area contributed by atoms with Gasteiger partial charge in [0.2, 0.25) is 11.8 Å². The van der Waals surface area contributed by atoms with Gasteiger partial charge in [-0.2, -0.15) is 5.06 Å². The lowest BCUT2D eigenvalue weighted by atomic mass is 9.45. The smallest absolute Gasteiger partial charge is 0.252 e. The van der Waals surface area contributed by atoms with Gasteiger partial charge in [0.25, 0.3) is 5.91 Å². The van der Waals surface area contributed by atoms with Crippen molar-refractivity contribution in [3.63, 3.8) is 0 Å². The van der Waals surface area contributed by atoms with E-state index in [0.29, 0.717) is 52.2 Å². The molecule has 5 N–H and O–H groups in total. The summed E-state index contributed by atoms with van der Waals surface area (Å²) in [5.74, 6) is 0.331. The highest BCUT2D eigenvalue weighted by Gasteiger charge is 2.57. The van der Waals surface area contributed by atoms with E-state index >= 15 is 0 Å². The van der Waals surface area contributed by atoms with Gasteiger partial charge in [0, 0.05) is 61.9 Å². The summed E-state index contributed by atoms with van der Waals surface area (Å²) in [4.78, 5) is 49.3. The highest BCUT2D eigenvalue weighted by molar-refractivity contribution is 5.99. The average molecular weight is 770 g/mol. The molecular weight excluding hydrogens is 711 g/mol. The second-order valence-corrected chi connectivity index (χ2v) is 16.7. The number of anilines is 1. The topological polar surface area (TPSA) is 153 Å². The number of likely N-dealkylation sites (N-methyl/N-ethyl adjacent to an activating group) is 1. The largest absolute Gasteiger partial charge is 0.496 e. The van der Waals surface area contributed by atoms with Crippen LogP contribution in [0.1, 0.15) is 62.0 Å². The maximum absolute atomic E-state index is 14.3. The van der Waals surface area contributed by atoms with E-state index in [9.17, 15) is 24.6 Å². The van der Waals surface area contributed by atoms with Crippen LogP contribution in [0.4, 0.5) is 5.69 Å². The maximum atomic E-state index is 14.3. The fraction of sp³-hybridized carbons (Fsp3) is 0.523. The molecule has 0 unspecified atom stereocenters. The van der Waals surface area contributed by atoms with E-state index in [0.717, 1.165) is 17.7 Å². The van der Waals surface area contributed by atoms with Gasteiger partial charge in [-0.25, -0.2) is 0 Å². The van der Waals surface area contributed by atoms with E-state index in [1.54, 1.807) is 38.3 Å². The Kier molecular flexibility index (Phi) is 12.4. The molecule has 302 valence electrons. The SMILES string of the molecule is CNC(=O)[C@@H](Cc1ccccc1)NC(=O)c1cc(-c2cccc(CN3O[C@@H](CO)[C@@H]([C@H](C)O)[C@H]3C(=O)N[C@H]3C[C@H]4C[C@@H]([C@@H]3C)C4(C)C)c2OC)cc(N(C)C)c1. The number of carbonyl (C=O) groups is 3. The molecule has 3 aromatic rings. The first kappa shape index (κ1) is 41.2. The van der Waals surface area contributed by atoms with Crippen LogP contribution in [0.15, 0.2) is 66.7 Å². The van der Waals surface area contributed by atoms with Crippen LogP contribution in [0.5, 0.6) is 5.75 Å². The molecule has 0 radical (unpaired) electrons. The molecule has 12 heteroatoms. The summed E-state index contributed by atoms with van der Waals surface area (Å²) in [5.41, 5.74) is 4.44. The zero-order valence-corrected chi connectivity index (χ0v) is 33.9. The summed E-state index contributed by atoms with van der Waals surface area (Å²) in [6.07, 6.45) is 0.716. The molecule has 1 saturated heterocycles. The molecule has 9 atom stereocenters. The summed E-state index contributed by atoms with van der Waals surface area (Å²) in [6, 6.07) is 19.1. The number of methoxy groups -OCH3 is 1. The minimum absolute atomic E-state index is 0.0159. The zero-order chi connectivity index (χ0) is 40.5. The first-order chi connectivity index (χ1) is 26.7. The summed E-state index contributed by atoms with van der Waals surface area (Å²) < 4.78 is 6.07. The highest BCUT2D eigenvalue weighted by atomic mass is 16.7. The van der Waals surface area contributed by atoms with Crippen LogP contribution in [0.3, 0.4) is 0 Å². The number of aliphatic hydroxyl groups excluding tert-OH is 2. The first-order valence-corrected chi connectivity index (χ1v) is 19.8. The molecule has 12 nitrogen and oxygen atoms in total. The second kappa shape index (κ2) is 16.9. The van der Waals surface area contributed by atoms with Crippen molar-refractivity contribution in [3.8, 4) is 16.9 Å². The normalized spacial score (nSPS) is 26.4. The van der Waals surface area contributed by atoms with Crippen LogP contribution in [0.25, 0.3) is 11.1 Å². The van der Waals surface area contributed by atoms with Crippen molar-refractivity contribution in [2.75, 3.05) is 39.8 Å². The zero-order valence-electron chi connectivity index (χ0n) is 33.9. The molecule has 4 aliphatic rings. The minimum atomic E-state index is -0.925. The van der Waals surface area contributed by atoms with Crippen LogP contribution < -0.4 is 25.6 Å². The molecule has 1 aliphatic heterocycles. The number of rotatable bonds is 14. The summed E-state index contributed by atoms with van der Waals surface area (Å²) in [7, 11) is 6.90. The van der Waals surface area contributed by atoms with Gasteiger partial charge in [-0.1, -0.05) is 69.3 Å². The maximum Gasteiger partial charge on any atom is 0.252 e. The van der Waals surface area contributed by atoms with Crippen LogP contribution >= 0.6 is 0 Å². The number of fused-ring (bicyclic) bond motifs is 2. The molecule has 3 saturated carbocycles. The van der Waals surface area contributed by atoms with E-state index in [4.69, 9.17) is 9.57 Å². The van der Waals surface area contributed by atoms with E-state index in [2.05, 4.69) is 36.7 Å². The quantitative estimate of drug-likeness (QED) is 0.163. The Morgan fingerprint density at radius 3 is 2.39 bits per heavy atom. The van der Waals surface area contributed by atoms with Crippen molar-refractivity contribution in [2.24, 2.45) is 29.1 Å². The van der Waals surface area contributed by atoms with Crippen LogP contribution in [0.2, 0.25) is 0 Å². The van der Waals surface area contributed by atoms with Gasteiger partial charge in [0.15, 0.2) is 0 Å². The van der Waals surface area contributed by atoms with E-state index in [-0.39, 0.29) is 36.4 Å². The van der Waals surface area contributed by atoms with Crippen LogP contribution in [0, 0.1) is 29.1 Å². The van der Waals surface area contributed by atoms with Crippen LogP contribution in [-0.4, -0.2) is 98.2 Å². The van der Waals surface area contributed by atoms with Gasteiger partial charge in [0.1, 0.15) is 23.9 Å². The number of para-hydroxylation sites is 1. The molecule has 0 aromatic heterocycles. The number of carbonyl (C=O) groups excluding carboxylic acids is 3. The lowest BCUT2D eigenvalue weighted by Crippen LogP contribution is -2.62. The number of ether oxygens (including phenoxy) is 1. The molecular formula is C44H59N5O7. The van der Waals surface area contributed by atoms with E-state index in [1.165, 1.54) is 6.42 Å². The Balaban J connectivity index is 1.29. The fourth-order valence-electron chi connectivity index (χ4n) is 9.46. The Hall–Kier alpha value is -4.49. The fourth-order valence-corrected chi connectivity index (χ4v) is 9.46. The lowest BCUT2D eigenvalue weighted by molar-refractivity contribution is -0.183. The van der Waals surface area contributed by atoms with Crippen molar-refractivity contribution >= 4 is 23.4 Å². The number of amides is 3. The number of hydrogen-bond acceptors (Lipinski definition) is 9. The molecule has 1 heterocycles. The van der Waals surface area contributed by atoms with Gasteiger partial charge in [-0.05, 0) is 72.3 Å². The van der Waals surface area contributed by atoms with Crippen molar-refractivity contribution in [1.82, 2.24) is 21.0 Å². The first-order valence-electron chi connectivity index (χ1n) is 19.8. The summed E-state index contributed by atoms with van der Waals surface area (Å²) in [6.45, 7) is 8.27. The molecule has 3 aromatic carbocycles. The molecule has 7 rings (SSSR count). The molecule has 0 spiro atoms. The standard InChI is InChI=1S/C44H59N5O7/c1-25-34-21-31(44(34,3)4)22-35(25)46-43(54)39-38(26(2)51)37(24-50)56-49(39)23-28-15-12-16-33(40(28)55-8)29-18-30(20-32(19-29)48(6)7)41(52)47-36(42(53)45-5)17-27-13-10-9-11-14-27/h9-16,18-20,25-26,31,34-39,50-51H,17,21-24H2,1-8H3,(H,45,53)(H,46,54)(H,47,52)/t25-,26-,31+,34-,35-,36+,37-,38+,39-/m0/s1. The second-order valence-electron chi connectivity index (χ2n) is 16.7. The number of benzene rings is 3. The summed E-state index contributed by atoms with van der Waals surface area (Å²) >= 11 is 0. The predicted octanol–water partition coefficient (Wildman–Crippen LogP) is 4.18. The van der Waals surface area contributed by atoms with Gasteiger partial charge < -0.3 is 35.8 Å². The predicted molar refractivity (Wildman–Crippen MR) is 216 cm³/mol.